The van der Waals surface area contributed by atoms with E-state index in [1.807, 2.05) is 6.92 Å². The van der Waals surface area contributed by atoms with E-state index < -0.39 is 0 Å². The van der Waals surface area contributed by atoms with Crippen LogP contribution in [0.3, 0.4) is 0 Å². The Bertz CT molecular complexity index is 277. The van der Waals surface area contributed by atoms with E-state index in [1.165, 1.54) is 0 Å². The van der Waals surface area contributed by atoms with Gasteiger partial charge in [0.25, 0.3) is 0 Å². The number of hydrogen-bond donors (Lipinski definition) is 1. The number of aliphatic hydroxyl groups is 1. The first-order valence-electron chi connectivity index (χ1n) is 3.07. The highest BCUT2D eigenvalue weighted by Gasteiger charge is 2.04. The van der Waals surface area contributed by atoms with Crippen molar-refractivity contribution in [1.82, 2.24) is 4.98 Å². The maximum Gasteiger partial charge on any atom is 0.129 e. The van der Waals surface area contributed by atoms with Crippen molar-refractivity contribution in [3.8, 4) is 0 Å². The van der Waals surface area contributed by atoms with Gasteiger partial charge in [0.05, 0.1) is 12.3 Å². The molecule has 0 aliphatic rings. The van der Waals surface area contributed by atoms with E-state index in [0.717, 1.165) is 10.0 Å². The molecule has 1 rings (SSSR count). The molecule has 60 valence electrons. The van der Waals surface area contributed by atoms with Crippen LogP contribution >= 0.6 is 27.5 Å². The minimum absolute atomic E-state index is 0.0953. The summed E-state index contributed by atoms with van der Waals surface area (Å²) in [6.07, 6.45) is 0. The molecule has 1 aromatic heterocycles. The van der Waals surface area contributed by atoms with Gasteiger partial charge in [0.1, 0.15) is 5.15 Å². The lowest BCUT2D eigenvalue weighted by Gasteiger charge is -2.03. The highest BCUT2D eigenvalue weighted by Crippen LogP contribution is 2.22. The van der Waals surface area contributed by atoms with Crippen LogP contribution in [0.15, 0.2) is 10.5 Å². The van der Waals surface area contributed by atoms with Crippen molar-refractivity contribution in [2.45, 2.75) is 13.5 Å². The summed E-state index contributed by atoms with van der Waals surface area (Å²) in [5.41, 5.74) is 1.56. The Morgan fingerprint density at radius 1 is 1.73 bits per heavy atom. The van der Waals surface area contributed by atoms with E-state index in [2.05, 4.69) is 20.9 Å². The van der Waals surface area contributed by atoms with Crippen molar-refractivity contribution in [2.24, 2.45) is 0 Å². The Morgan fingerprint density at radius 2 is 2.36 bits per heavy atom. The zero-order valence-electron chi connectivity index (χ0n) is 5.93. The molecular formula is C7H7BrClNO. The van der Waals surface area contributed by atoms with Crippen LogP contribution in [-0.4, -0.2) is 10.1 Å². The summed E-state index contributed by atoms with van der Waals surface area (Å²) in [6.45, 7) is 1.80. The van der Waals surface area contributed by atoms with Crippen LogP contribution in [0.5, 0.6) is 0 Å². The standard InChI is InChI=1S/C7H7BrClNO/c1-4-2-6(9)10-5(3-11)7(4)8/h2,11H,3H2,1H3. The van der Waals surface area contributed by atoms with E-state index in [0.29, 0.717) is 10.8 Å². The lowest BCUT2D eigenvalue weighted by molar-refractivity contribution is 0.276. The number of aliphatic hydroxyl groups excluding tert-OH is 1. The largest absolute Gasteiger partial charge is 0.390 e. The monoisotopic (exact) mass is 235 g/mol. The van der Waals surface area contributed by atoms with E-state index in [9.17, 15) is 0 Å². The molecule has 11 heavy (non-hydrogen) atoms. The minimum Gasteiger partial charge on any atom is -0.390 e. The van der Waals surface area contributed by atoms with Gasteiger partial charge >= 0.3 is 0 Å². The zero-order chi connectivity index (χ0) is 8.43. The molecule has 1 heterocycles. The van der Waals surface area contributed by atoms with Crippen LogP contribution in [0, 0.1) is 6.92 Å². The Morgan fingerprint density at radius 3 is 2.91 bits per heavy atom. The summed E-state index contributed by atoms with van der Waals surface area (Å²) in [7, 11) is 0. The molecule has 0 aliphatic heterocycles. The first-order valence-corrected chi connectivity index (χ1v) is 4.24. The van der Waals surface area contributed by atoms with Gasteiger partial charge in [-0.25, -0.2) is 4.98 Å². The van der Waals surface area contributed by atoms with Crippen LogP contribution in [0.25, 0.3) is 0 Å². The molecule has 2 nitrogen and oxygen atoms in total. The number of nitrogens with zero attached hydrogens (tertiary/aromatic N) is 1. The van der Waals surface area contributed by atoms with Gasteiger partial charge in [0.15, 0.2) is 0 Å². The van der Waals surface area contributed by atoms with Crippen molar-refractivity contribution >= 4 is 27.5 Å². The highest BCUT2D eigenvalue weighted by atomic mass is 79.9. The summed E-state index contributed by atoms with van der Waals surface area (Å²) in [4.78, 5) is 3.92. The molecular weight excluding hydrogens is 229 g/mol. The maximum atomic E-state index is 8.82. The minimum atomic E-state index is -0.0953. The molecule has 4 heteroatoms. The molecule has 0 radical (unpaired) electrons. The third kappa shape index (κ3) is 1.92. The Labute approximate surface area is 78.3 Å². The van der Waals surface area contributed by atoms with Crippen molar-refractivity contribution in [3.63, 3.8) is 0 Å². The smallest absolute Gasteiger partial charge is 0.129 e. The average molecular weight is 236 g/mol. The fourth-order valence-electron chi connectivity index (χ4n) is 0.785. The lowest BCUT2D eigenvalue weighted by atomic mass is 10.2. The van der Waals surface area contributed by atoms with Gasteiger partial charge in [-0.2, -0.15) is 0 Å². The average Bonchev–Trinajstić information content (AvgIpc) is 1.96. The molecule has 0 amide bonds. The summed E-state index contributed by atoms with van der Waals surface area (Å²) in [5, 5.41) is 9.23. The van der Waals surface area contributed by atoms with Gasteiger partial charge in [-0.15, -0.1) is 0 Å². The van der Waals surface area contributed by atoms with E-state index >= 15 is 0 Å². The van der Waals surface area contributed by atoms with Crippen molar-refractivity contribution in [1.29, 1.82) is 0 Å². The molecule has 0 atom stereocenters. The molecule has 1 aromatic rings. The fraction of sp³-hybridized carbons (Fsp3) is 0.286. The Kier molecular flexibility index (Phi) is 2.87. The molecule has 0 unspecified atom stereocenters. The third-order valence-electron chi connectivity index (χ3n) is 1.33. The Balaban J connectivity index is 3.24. The summed E-state index contributed by atoms with van der Waals surface area (Å²) >= 11 is 8.95. The van der Waals surface area contributed by atoms with Crippen LogP contribution in [0.1, 0.15) is 11.3 Å². The van der Waals surface area contributed by atoms with E-state index in [-0.39, 0.29) is 6.61 Å². The van der Waals surface area contributed by atoms with Gasteiger partial charge in [-0.3, -0.25) is 0 Å². The zero-order valence-corrected chi connectivity index (χ0v) is 8.28. The number of halogens is 2. The second kappa shape index (κ2) is 3.52. The van der Waals surface area contributed by atoms with Gasteiger partial charge in [0, 0.05) is 4.47 Å². The molecule has 1 N–H and O–H groups in total. The van der Waals surface area contributed by atoms with Gasteiger partial charge in [-0.05, 0) is 34.5 Å². The lowest BCUT2D eigenvalue weighted by Crippen LogP contribution is -1.93. The second-order valence-corrected chi connectivity index (χ2v) is 3.36. The van der Waals surface area contributed by atoms with Crippen molar-refractivity contribution in [2.75, 3.05) is 0 Å². The highest BCUT2D eigenvalue weighted by molar-refractivity contribution is 9.10. The van der Waals surface area contributed by atoms with Crippen molar-refractivity contribution in [3.05, 3.63) is 26.9 Å². The quantitative estimate of drug-likeness (QED) is 0.759. The van der Waals surface area contributed by atoms with Gasteiger partial charge in [-0.1, -0.05) is 11.6 Å². The predicted octanol–water partition coefficient (Wildman–Crippen LogP) is 2.30. The van der Waals surface area contributed by atoms with Crippen LogP contribution < -0.4 is 0 Å². The van der Waals surface area contributed by atoms with Gasteiger partial charge < -0.3 is 5.11 Å². The van der Waals surface area contributed by atoms with E-state index in [4.69, 9.17) is 16.7 Å². The number of rotatable bonds is 1. The van der Waals surface area contributed by atoms with Crippen LogP contribution in [-0.2, 0) is 6.61 Å². The maximum absolute atomic E-state index is 8.82. The summed E-state index contributed by atoms with van der Waals surface area (Å²) in [5.74, 6) is 0. The predicted molar refractivity (Wildman–Crippen MR) is 47.6 cm³/mol. The van der Waals surface area contributed by atoms with Crippen LogP contribution in [0.2, 0.25) is 5.15 Å². The SMILES string of the molecule is Cc1cc(Cl)nc(CO)c1Br. The molecule has 0 aromatic carbocycles. The third-order valence-corrected chi connectivity index (χ3v) is 2.60. The Hall–Kier alpha value is -0.120. The molecule has 0 fully saturated rings. The van der Waals surface area contributed by atoms with Crippen LogP contribution in [0.4, 0.5) is 0 Å². The number of aromatic nitrogens is 1. The number of aryl methyl sites for hydroxylation is 1. The fourth-order valence-corrected chi connectivity index (χ4v) is 1.38. The molecule has 0 bridgehead atoms. The summed E-state index contributed by atoms with van der Waals surface area (Å²) < 4.78 is 0.824. The molecule has 0 saturated heterocycles. The van der Waals surface area contributed by atoms with E-state index in [1.54, 1.807) is 6.07 Å². The second-order valence-electron chi connectivity index (χ2n) is 2.18. The first-order chi connectivity index (χ1) is 5.15. The summed E-state index contributed by atoms with van der Waals surface area (Å²) in [6, 6.07) is 1.74. The topological polar surface area (TPSA) is 33.1 Å². The molecule has 0 saturated carbocycles. The number of pyridine rings is 1. The number of hydrogen-bond acceptors (Lipinski definition) is 2. The molecule has 0 aliphatic carbocycles. The van der Waals surface area contributed by atoms with Crippen molar-refractivity contribution < 1.29 is 5.11 Å². The molecule has 0 spiro atoms. The normalized spacial score (nSPS) is 10.2. The first kappa shape index (κ1) is 8.97. The van der Waals surface area contributed by atoms with Gasteiger partial charge in [0.2, 0.25) is 0 Å².